The standard InChI is InChI=1S/C14H22INO/c1-3-10-16-14(11-17-2)9-6-12-4-7-13(15)8-5-12/h4-5,7-8,14,16H,3,6,9-11H2,1-2H3. The van der Waals surface area contributed by atoms with E-state index in [2.05, 4.69) is 59.1 Å². The molecule has 0 amide bonds. The first-order valence-electron chi connectivity index (χ1n) is 6.23. The van der Waals surface area contributed by atoms with Gasteiger partial charge in [-0.2, -0.15) is 0 Å². The van der Waals surface area contributed by atoms with Crippen LogP contribution < -0.4 is 5.32 Å². The fourth-order valence-corrected chi connectivity index (χ4v) is 2.15. The summed E-state index contributed by atoms with van der Waals surface area (Å²) in [6, 6.07) is 9.23. The highest BCUT2D eigenvalue weighted by Gasteiger charge is 2.07. The van der Waals surface area contributed by atoms with Crippen LogP contribution in [0.2, 0.25) is 0 Å². The molecule has 0 aromatic heterocycles. The number of nitrogens with one attached hydrogen (secondary N) is 1. The van der Waals surface area contributed by atoms with Crippen molar-refractivity contribution >= 4 is 22.6 Å². The molecule has 0 spiro atoms. The van der Waals surface area contributed by atoms with Gasteiger partial charge < -0.3 is 10.1 Å². The number of rotatable bonds is 8. The molecule has 17 heavy (non-hydrogen) atoms. The predicted molar refractivity (Wildman–Crippen MR) is 81.4 cm³/mol. The molecule has 0 aliphatic carbocycles. The summed E-state index contributed by atoms with van der Waals surface area (Å²) in [6.07, 6.45) is 3.42. The normalized spacial score (nSPS) is 12.6. The van der Waals surface area contributed by atoms with Crippen molar-refractivity contribution in [2.45, 2.75) is 32.2 Å². The minimum absolute atomic E-state index is 0.472. The first-order valence-corrected chi connectivity index (χ1v) is 7.31. The van der Waals surface area contributed by atoms with Crippen LogP contribution in [-0.4, -0.2) is 26.3 Å². The molecule has 0 heterocycles. The second-order valence-corrected chi connectivity index (χ2v) is 5.52. The Bertz CT molecular complexity index is 300. The molecule has 1 atom stereocenters. The molecule has 0 saturated carbocycles. The van der Waals surface area contributed by atoms with Gasteiger partial charge in [-0.3, -0.25) is 0 Å². The molecule has 0 fully saturated rings. The lowest BCUT2D eigenvalue weighted by atomic mass is 10.1. The number of ether oxygens (including phenoxy) is 1. The van der Waals surface area contributed by atoms with E-state index >= 15 is 0 Å². The van der Waals surface area contributed by atoms with Gasteiger partial charge >= 0.3 is 0 Å². The number of benzene rings is 1. The first-order chi connectivity index (χ1) is 8.26. The van der Waals surface area contributed by atoms with Gasteiger partial charge in [0.15, 0.2) is 0 Å². The molecule has 0 saturated heterocycles. The molecule has 1 aromatic carbocycles. The van der Waals surface area contributed by atoms with E-state index in [0.717, 1.165) is 26.0 Å². The summed E-state index contributed by atoms with van der Waals surface area (Å²) in [4.78, 5) is 0. The molecule has 1 aromatic rings. The van der Waals surface area contributed by atoms with Crippen LogP contribution in [0.25, 0.3) is 0 Å². The van der Waals surface area contributed by atoms with Crippen LogP contribution in [-0.2, 0) is 11.2 Å². The van der Waals surface area contributed by atoms with E-state index < -0.39 is 0 Å². The molecule has 1 unspecified atom stereocenters. The Morgan fingerprint density at radius 1 is 1.29 bits per heavy atom. The van der Waals surface area contributed by atoms with Crippen LogP contribution in [0.15, 0.2) is 24.3 Å². The van der Waals surface area contributed by atoms with Crippen LogP contribution in [0.3, 0.4) is 0 Å². The Hall–Kier alpha value is -0.130. The van der Waals surface area contributed by atoms with Crippen molar-refractivity contribution in [3.8, 4) is 0 Å². The van der Waals surface area contributed by atoms with Crippen LogP contribution in [0, 0.1) is 3.57 Å². The van der Waals surface area contributed by atoms with E-state index in [9.17, 15) is 0 Å². The largest absolute Gasteiger partial charge is 0.383 e. The quantitative estimate of drug-likeness (QED) is 0.729. The van der Waals surface area contributed by atoms with Crippen molar-refractivity contribution < 1.29 is 4.74 Å². The van der Waals surface area contributed by atoms with E-state index in [1.54, 1.807) is 7.11 Å². The van der Waals surface area contributed by atoms with Crippen molar-refractivity contribution in [1.82, 2.24) is 5.32 Å². The zero-order valence-corrected chi connectivity index (χ0v) is 12.9. The zero-order valence-electron chi connectivity index (χ0n) is 10.7. The monoisotopic (exact) mass is 347 g/mol. The number of halogens is 1. The molecule has 1 N–H and O–H groups in total. The van der Waals surface area contributed by atoms with E-state index in [4.69, 9.17) is 4.74 Å². The molecule has 3 heteroatoms. The smallest absolute Gasteiger partial charge is 0.0615 e. The number of aryl methyl sites for hydroxylation is 1. The number of hydrogen-bond donors (Lipinski definition) is 1. The van der Waals surface area contributed by atoms with Crippen molar-refractivity contribution in [2.24, 2.45) is 0 Å². The van der Waals surface area contributed by atoms with Crippen molar-refractivity contribution in [3.05, 3.63) is 33.4 Å². The van der Waals surface area contributed by atoms with Crippen molar-refractivity contribution in [2.75, 3.05) is 20.3 Å². The van der Waals surface area contributed by atoms with Crippen LogP contribution >= 0.6 is 22.6 Å². The molecule has 0 aliphatic heterocycles. The van der Waals surface area contributed by atoms with Gasteiger partial charge in [-0.25, -0.2) is 0 Å². The fraction of sp³-hybridized carbons (Fsp3) is 0.571. The summed E-state index contributed by atoms with van der Waals surface area (Å²) in [5, 5.41) is 3.53. The van der Waals surface area contributed by atoms with Crippen molar-refractivity contribution in [3.63, 3.8) is 0 Å². The molecule has 0 radical (unpaired) electrons. The lowest BCUT2D eigenvalue weighted by Gasteiger charge is -2.17. The van der Waals surface area contributed by atoms with Gasteiger partial charge in [0.1, 0.15) is 0 Å². The minimum Gasteiger partial charge on any atom is -0.383 e. The average molecular weight is 347 g/mol. The molecule has 1 rings (SSSR count). The fourth-order valence-electron chi connectivity index (χ4n) is 1.79. The Balaban J connectivity index is 2.37. The van der Waals surface area contributed by atoms with Crippen LogP contribution in [0.1, 0.15) is 25.3 Å². The van der Waals surface area contributed by atoms with Gasteiger partial charge in [0.05, 0.1) is 6.61 Å². The van der Waals surface area contributed by atoms with E-state index in [1.165, 1.54) is 15.6 Å². The maximum atomic E-state index is 5.24. The maximum absolute atomic E-state index is 5.24. The van der Waals surface area contributed by atoms with Gasteiger partial charge in [-0.15, -0.1) is 0 Å². The second-order valence-electron chi connectivity index (χ2n) is 4.27. The lowest BCUT2D eigenvalue weighted by Crippen LogP contribution is -2.34. The SMILES string of the molecule is CCCNC(CCc1ccc(I)cc1)COC. The van der Waals surface area contributed by atoms with E-state index in [0.29, 0.717) is 6.04 Å². The Morgan fingerprint density at radius 2 is 2.00 bits per heavy atom. The summed E-state index contributed by atoms with van der Waals surface area (Å²) < 4.78 is 6.54. The van der Waals surface area contributed by atoms with Gasteiger partial charge in [0.2, 0.25) is 0 Å². The topological polar surface area (TPSA) is 21.3 Å². The maximum Gasteiger partial charge on any atom is 0.0615 e. The third-order valence-electron chi connectivity index (χ3n) is 2.75. The number of methoxy groups -OCH3 is 1. The summed E-state index contributed by atoms with van der Waals surface area (Å²) >= 11 is 2.34. The Kier molecular flexibility index (Phi) is 7.81. The minimum atomic E-state index is 0.472. The lowest BCUT2D eigenvalue weighted by molar-refractivity contribution is 0.162. The molecular formula is C14H22INO. The molecular weight excluding hydrogens is 325 g/mol. The highest BCUT2D eigenvalue weighted by atomic mass is 127. The number of hydrogen-bond acceptors (Lipinski definition) is 2. The summed E-state index contributed by atoms with van der Waals surface area (Å²) in [7, 11) is 1.77. The molecule has 0 aliphatic rings. The highest BCUT2D eigenvalue weighted by molar-refractivity contribution is 14.1. The predicted octanol–water partition coefficient (Wildman–Crippen LogP) is 3.24. The van der Waals surface area contributed by atoms with Crippen LogP contribution in [0.4, 0.5) is 0 Å². The zero-order chi connectivity index (χ0) is 12.5. The third-order valence-corrected chi connectivity index (χ3v) is 3.46. The van der Waals surface area contributed by atoms with E-state index in [1.807, 2.05) is 0 Å². The summed E-state index contributed by atoms with van der Waals surface area (Å²) in [6.45, 7) is 4.06. The Labute approximate surface area is 118 Å². The van der Waals surface area contributed by atoms with Gasteiger partial charge in [-0.1, -0.05) is 19.1 Å². The first kappa shape index (κ1) is 14.9. The summed E-state index contributed by atoms with van der Waals surface area (Å²) in [5.74, 6) is 0. The Morgan fingerprint density at radius 3 is 2.59 bits per heavy atom. The second kappa shape index (κ2) is 8.89. The van der Waals surface area contributed by atoms with Gasteiger partial charge in [0, 0.05) is 16.7 Å². The third kappa shape index (κ3) is 6.38. The van der Waals surface area contributed by atoms with Crippen LogP contribution in [0.5, 0.6) is 0 Å². The molecule has 0 bridgehead atoms. The van der Waals surface area contributed by atoms with E-state index in [-0.39, 0.29) is 0 Å². The highest BCUT2D eigenvalue weighted by Crippen LogP contribution is 2.10. The average Bonchev–Trinajstić information content (AvgIpc) is 2.35. The molecule has 2 nitrogen and oxygen atoms in total. The van der Waals surface area contributed by atoms with Gasteiger partial charge in [0.25, 0.3) is 0 Å². The summed E-state index contributed by atoms with van der Waals surface area (Å²) in [5.41, 5.74) is 1.41. The molecule has 96 valence electrons. The van der Waals surface area contributed by atoms with Crippen molar-refractivity contribution in [1.29, 1.82) is 0 Å². The van der Waals surface area contributed by atoms with Gasteiger partial charge in [-0.05, 0) is 66.1 Å².